The minimum Gasteiger partial charge on any atom is -0.368 e. The van der Waals surface area contributed by atoms with Crippen LogP contribution < -0.4 is 4.90 Å². The van der Waals surface area contributed by atoms with Gasteiger partial charge in [-0.2, -0.15) is 5.10 Å². The summed E-state index contributed by atoms with van der Waals surface area (Å²) < 4.78 is 3.18. The van der Waals surface area contributed by atoms with Crippen molar-refractivity contribution in [3.05, 3.63) is 45.7 Å². The molecule has 2 rings (SSSR count). The minimum atomic E-state index is 0.847. The molecule has 0 atom stereocenters. The van der Waals surface area contributed by atoms with E-state index in [0.29, 0.717) is 0 Å². The van der Waals surface area contributed by atoms with Crippen molar-refractivity contribution in [3.8, 4) is 0 Å². The van der Waals surface area contributed by atoms with E-state index in [0.717, 1.165) is 23.3 Å². The highest BCUT2D eigenvalue weighted by Gasteiger charge is 2.14. The molecule has 1 aromatic heterocycles. The third-order valence-electron chi connectivity index (χ3n) is 3.37. The molecule has 0 N–H and O–H groups in total. The Morgan fingerprint density at radius 2 is 1.95 bits per heavy atom. The molecule has 102 valence electrons. The number of hydrogen-bond acceptors (Lipinski definition) is 2. The quantitative estimate of drug-likeness (QED) is 0.851. The van der Waals surface area contributed by atoms with Crippen LogP contribution in [0, 0.1) is 13.8 Å². The molecule has 3 nitrogen and oxygen atoms in total. The minimum absolute atomic E-state index is 0.847. The van der Waals surface area contributed by atoms with E-state index < -0.39 is 0 Å². The van der Waals surface area contributed by atoms with Crippen LogP contribution in [0.25, 0.3) is 0 Å². The molecule has 0 amide bonds. The van der Waals surface area contributed by atoms with Crippen LogP contribution in [0.4, 0.5) is 5.69 Å². The number of rotatable bonds is 4. The number of para-hydroxylation sites is 1. The van der Waals surface area contributed by atoms with Gasteiger partial charge in [0.05, 0.1) is 22.4 Å². The highest BCUT2D eigenvalue weighted by Crippen LogP contribution is 2.25. The van der Waals surface area contributed by atoms with Crippen molar-refractivity contribution in [2.24, 2.45) is 0 Å². The van der Waals surface area contributed by atoms with Gasteiger partial charge in [-0.05, 0) is 48.3 Å². The van der Waals surface area contributed by atoms with Gasteiger partial charge in [0.25, 0.3) is 0 Å². The standard InChI is InChI=1S/C15H20BrN3/c1-5-19-14(15(16)12(3)17-19)10-18(4)13-9-7-6-8-11(13)2/h6-9H,5,10H2,1-4H3. The molecule has 0 fully saturated rings. The summed E-state index contributed by atoms with van der Waals surface area (Å²) in [5.74, 6) is 0. The fraction of sp³-hybridized carbons (Fsp3) is 0.400. The zero-order valence-corrected chi connectivity index (χ0v) is 13.5. The summed E-state index contributed by atoms with van der Waals surface area (Å²) in [6.07, 6.45) is 0. The van der Waals surface area contributed by atoms with Gasteiger partial charge in [-0.1, -0.05) is 18.2 Å². The Hall–Kier alpha value is -1.29. The first kappa shape index (κ1) is 14.1. The summed E-state index contributed by atoms with van der Waals surface area (Å²) in [6, 6.07) is 8.45. The molecule has 0 radical (unpaired) electrons. The van der Waals surface area contributed by atoms with E-state index in [1.807, 2.05) is 6.92 Å². The molecule has 0 spiro atoms. The van der Waals surface area contributed by atoms with E-state index in [-0.39, 0.29) is 0 Å². The maximum atomic E-state index is 4.54. The second-order valence-corrected chi connectivity index (χ2v) is 5.60. The Labute approximate surface area is 123 Å². The normalized spacial score (nSPS) is 10.8. The summed E-state index contributed by atoms with van der Waals surface area (Å²) in [6.45, 7) is 8.04. The first-order valence-electron chi connectivity index (χ1n) is 6.53. The van der Waals surface area contributed by atoms with Crippen LogP contribution >= 0.6 is 15.9 Å². The SMILES string of the molecule is CCn1nc(C)c(Br)c1CN(C)c1ccccc1C. The number of hydrogen-bond donors (Lipinski definition) is 0. The highest BCUT2D eigenvalue weighted by atomic mass is 79.9. The lowest BCUT2D eigenvalue weighted by Crippen LogP contribution is -2.20. The van der Waals surface area contributed by atoms with Crippen molar-refractivity contribution in [3.63, 3.8) is 0 Å². The van der Waals surface area contributed by atoms with Crippen LogP contribution in [0.3, 0.4) is 0 Å². The highest BCUT2D eigenvalue weighted by molar-refractivity contribution is 9.10. The Balaban J connectivity index is 2.29. The largest absolute Gasteiger partial charge is 0.368 e. The molecule has 0 unspecified atom stereocenters. The molecule has 0 aliphatic rings. The van der Waals surface area contributed by atoms with Crippen molar-refractivity contribution in [2.75, 3.05) is 11.9 Å². The summed E-state index contributed by atoms with van der Waals surface area (Å²) in [5.41, 5.74) is 4.83. The van der Waals surface area contributed by atoms with Gasteiger partial charge in [0.15, 0.2) is 0 Å². The second kappa shape index (κ2) is 5.78. The monoisotopic (exact) mass is 321 g/mol. The van der Waals surface area contributed by atoms with Crippen molar-refractivity contribution in [1.82, 2.24) is 9.78 Å². The predicted octanol–water partition coefficient (Wildman–Crippen LogP) is 3.92. The zero-order chi connectivity index (χ0) is 14.0. The third-order valence-corrected chi connectivity index (χ3v) is 4.40. The topological polar surface area (TPSA) is 21.1 Å². The van der Waals surface area contributed by atoms with E-state index >= 15 is 0 Å². The molecule has 19 heavy (non-hydrogen) atoms. The van der Waals surface area contributed by atoms with Crippen molar-refractivity contribution in [2.45, 2.75) is 33.9 Å². The summed E-state index contributed by atoms with van der Waals surface area (Å²) >= 11 is 3.65. The fourth-order valence-corrected chi connectivity index (χ4v) is 2.73. The van der Waals surface area contributed by atoms with Gasteiger partial charge >= 0.3 is 0 Å². The molecule has 4 heteroatoms. The molecule has 0 saturated carbocycles. The van der Waals surface area contributed by atoms with Gasteiger partial charge < -0.3 is 4.90 Å². The molecule has 0 aliphatic carbocycles. The molecule has 2 aromatic rings. The van der Waals surface area contributed by atoms with E-state index in [9.17, 15) is 0 Å². The van der Waals surface area contributed by atoms with Crippen LogP contribution in [-0.4, -0.2) is 16.8 Å². The van der Waals surface area contributed by atoms with Gasteiger partial charge in [-0.25, -0.2) is 0 Å². The molecular weight excluding hydrogens is 302 g/mol. The van der Waals surface area contributed by atoms with Gasteiger partial charge in [0.1, 0.15) is 0 Å². The molecule has 1 aromatic carbocycles. The van der Waals surface area contributed by atoms with E-state index in [1.54, 1.807) is 0 Å². The first-order chi connectivity index (χ1) is 9.04. The van der Waals surface area contributed by atoms with E-state index in [1.165, 1.54) is 16.9 Å². The molecular formula is C15H20BrN3. The van der Waals surface area contributed by atoms with Crippen LogP contribution in [0.2, 0.25) is 0 Å². The smallest absolute Gasteiger partial charge is 0.0739 e. The third kappa shape index (κ3) is 2.84. The second-order valence-electron chi connectivity index (χ2n) is 4.80. The molecule has 0 bridgehead atoms. The number of nitrogens with zero attached hydrogens (tertiary/aromatic N) is 3. The van der Waals surface area contributed by atoms with Crippen LogP contribution in [-0.2, 0) is 13.1 Å². The van der Waals surface area contributed by atoms with E-state index in [2.05, 4.69) is 75.8 Å². The van der Waals surface area contributed by atoms with E-state index in [4.69, 9.17) is 0 Å². The van der Waals surface area contributed by atoms with Crippen molar-refractivity contribution in [1.29, 1.82) is 0 Å². The van der Waals surface area contributed by atoms with Crippen molar-refractivity contribution >= 4 is 21.6 Å². The number of halogens is 1. The number of aromatic nitrogens is 2. The van der Waals surface area contributed by atoms with Crippen molar-refractivity contribution < 1.29 is 0 Å². The summed E-state index contributed by atoms with van der Waals surface area (Å²) in [5, 5.41) is 4.54. The fourth-order valence-electron chi connectivity index (χ4n) is 2.32. The Kier molecular flexibility index (Phi) is 4.30. The molecule has 1 heterocycles. The first-order valence-corrected chi connectivity index (χ1v) is 7.32. The lowest BCUT2D eigenvalue weighted by molar-refractivity contribution is 0.612. The van der Waals surface area contributed by atoms with Crippen LogP contribution in [0.15, 0.2) is 28.7 Å². The van der Waals surface area contributed by atoms with Gasteiger partial charge in [-0.15, -0.1) is 0 Å². The molecule has 0 saturated heterocycles. The van der Waals surface area contributed by atoms with Gasteiger partial charge in [-0.3, -0.25) is 4.68 Å². The van der Waals surface area contributed by atoms with Gasteiger partial charge in [0.2, 0.25) is 0 Å². The lowest BCUT2D eigenvalue weighted by atomic mass is 10.2. The lowest BCUT2D eigenvalue weighted by Gasteiger charge is -2.22. The zero-order valence-electron chi connectivity index (χ0n) is 11.9. The summed E-state index contributed by atoms with van der Waals surface area (Å²) in [4.78, 5) is 2.27. The maximum absolute atomic E-state index is 4.54. The summed E-state index contributed by atoms with van der Waals surface area (Å²) in [7, 11) is 2.12. The number of anilines is 1. The Bertz CT molecular complexity index is 575. The Morgan fingerprint density at radius 3 is 2.58 bits per heavy atom. The Morgan fingerprint density at radius 1 is 1.26 bits per heavy atom. The average molecular weight is 322 g/mol. The average Bonchev–Trinajstić information content (AvgIpc) is 2.67. The molecule has 0 aliphatic heterocycles. The number of benzene rings is 1. The van der Waals surface area contributed by atoms with Crippen LogP contribution in [0.5, 0.6) is 0 Å². The van der Waals surface area contributed by atoms with Gasteiger partial charge in [0, 0.05) is 19.3 Å². The maximum Gasteiger partial charge on any atom is 0.0739 e. The number of aryl methyl sites for hydroxylation is 3. The van der Waals surface area contributed by atoms with Crippen LogP contribution in [0.1, 0.15) is 23.9 Å². The predicted molar refractivity (Wildman–Crippen MR) is 83.6 cm³/mol.